The van der Waals surface area contributed by atoms with Crippen molar-refractivity contribution in [2.24, 2.45) is 0 Å². The molecule has 3 aromatic heterocycles. The van der Waals surface area contributed by atoms with Crippen molar-refractivity contribution < 1.29 is 4.74 Å². The fourth-order valence-electron chi connectivity index (χ4n) is 2.87. The first-order valence-electron chi connectivity index (χ1n) is 8.41. The molecular weight excluding hydrogens is 392 g/mol. The summed E-state index contributed by atoms with van der Waals surface area (Å²) in [6, 6.07) is 14.1. The van der Waals surface area contributed by atoms with Crippen molar-refractivity contribution in [3.8, 4) is 17.1 Å². The van der Waals surface area contributed by atoms with Gasteiger partial charge >= 0.3 is 0 Å². The van der Waals surface area contributed by atoms with Crippen LogP contribution in [-0.4, -0.2) is 26.5 Å². The predicted octanol–water partition coefficient (Wildman–Crippen LogP) is 4.77. The number of halogens is 1. The third-order valence-electron chi connectivity index (χ3n) is 4.04. The Hall–Kier alpha value is -2.73. The summed E-state index contributed by atoms with van der Waals surface area (Å²) >= 11 is 3.68. The molecule has 0 aliphatic rings. The van der Waals surface area contributed by atoms with Crippen LogP contribution in [0.1, 0.15) is 18.2 Å². The van der Waals surface area contributed by atoms with Crippen molar-refractivity contribution in [1.29, 1.82) is 0 Å². The van der Waals surface area contributed by atoms with Crippen LogP contribution in [0.5, 0.6) is 5.88 Å². The van der Waals surface area contributed by atoms with Crippen LogP contribution in [0.4, 0.5) is 0 Å². The van der Waals surface area contributed by atoms with E-state index in [-0.39, 0.29) is 0 Å². The molecule has 130 valence electrons. The predicted molar refractivity (Wildman–Crippen MR) is 105 cm³/mol. The fraction of sp³-hybridized carbons (Fsp3) is 0.150. The van der Waals surface area contributed by atoms with E-state index in [0.717, 1.165) is 39.0 Å². The van der Waals surface area contributed by atoms with Gasteiger partial charge in [-0.3, -0.25) is 0 Å². The van der Waals surface area contributed by atoms with Gasteiger partial charge in [-0.2, -0.15) is 0 Å². The van der Waals surface area contributed by atoms with Crippen LogP contribution in [0.2, 0.25) is 0 Å². The molecule has 0 atom stereocenters. The minimum absolute atomic E-state index is 0.555. The van der Waals surface area contributed by atoms with Crippen molar-refractivity contribution in [3.05, 3.63) is 70.6 Å². The number of rotatable bonds is 5. The molecule has 3 heterocycles. The molecule has 0 amide bonds. The summed E-state index contributed by atoms with van der Waals surface area (Å²) in [5.41, 5.74) is 5.42. The van der Waals surface area contributed by atoms with Gasteiger partial charge in [0.1, 0.15) is 5.52 Å². The van der Waals surface area contributed by atoms with Crippen molar-refractivity contribution in [2.45, 2.75) is 13.3 Å². The number of nitrogens with one attached hydrogen (secondary N) is 1. The third-order valence-corrected chi connectivity index (χ3v) is 4.81. The van der Waals surface area contributed by atoms with E-state index in [2.05, 4.69) is 43.0 Å². The molecule has 0 aliphatic carbocycles. The van der Waals surface area contributed by atoms with Crippen LogP contribution in [-0.2, 0) is 6.42 Å². The van der Waals surface area contributed by atoms with Crippen LogP contribution >= 0.6 is 15.9 Å². The van der Waals surface area contributed by atoms with Gasteiger partial charge in [-0.1, -0.05) is 30.3 Å². The van der Waals surface area contributed by atoms with Gasteiger partial charge in [0, 0.05) is 12.6 Å². The molecule has 6 heteroatoms. The van der Waals surface area contributed by atoms with Gasteiger partial charge in [0.2, 0.25) is 5.88 Å². The second-order valence-corrected chi connectivity index (χ2v) is 6.62. The summed E-state index contributed by atoms with van der Waals surface area (Å²) in [7, 11) is 0. The van der Waals surface area contributed by atoms with Crippen LogP contribution in [0.15, 0.2) is 59.3 Å². The van der Waals surface area contributed by atoms with Crippen molar-refractivity contribution >= 4 is 27.1 Å². The third kappa shape index (κ3) is 3.20. The Morgan fingerprint density at radius 1 is 1.08 bits per heavy atom. The van der Waals surface area contributed by atoms with E-state index in [1.54, 1.807) is 6.20 Å². The highest BCUT2D eigenvalue weighted by Gasteiger charge is 2.17. The van der Waals surface area contributed by atoms with Gasteiger partial charge in [0.15, 0.2) is 5.65 Å². The second kappa shape index (κ2) is 7.25. The topological polar surface area (TPSA) is 63.7 Å². The van der Waals surface area contributed by atoms with E-state index in [4.69, 9.17) is 9.72 Å². The number of fused-ring (bicyclic) bond motifs is 1. The SMILES string of the molecule is CCOc1ncccc1-c1[nH]c2ncc(Cc3ccccc3)nc2c1Br. The molecule has 0 unspecified atom stereocenters. The standard InChI is InChI=1S/C20H17BrN4O/c1-2-26-20-15(9-6-10-22-20)17-16(21)18-19(25-17)23-12-14(24-18)11-13-7-4-3-5-8-13/h3-10,12H,2,11H2,1H3,(H,23,25). The number of hydrogen-bond acceptors (Lipinski definition) is 4. The molecular formula is C20H17BrN4O. The number of H-pyrrole nitrogens is 1. The minimum Gasteiger partial charge on any atom is -0.477 e. The molecule has 4 aromatic rings. The molecule has 0 aliphatic heterocycles. The largest absolute Gasteiger partial charge is 0.477 e. The molecule has 0 spiro atoms. The Morgan fingerprint density at radius 3 is 2.73 bits per heavy atom. The smallest absolute Gasteiger partial charge is 0.222 e. The lowest BCUT2D eigenvalue weighted by Crippen LogP contribution is -1.96. The lowest BCUT2D eigenvalue weighted by atomic mass is 10.1. The summed E-state index contributed by atoms with van der Waals surface area (Å²) in [6.07, 6.45) is 4.28. The summed E-state index contributed by atoms with van der Waals surface area (Å²) in [6.45, 7) is 2.50. The maximum absolute atomic E-state index is 5.65. The van der Waals surface area contributed by atoms with Gasteiger partial charge in [0.25, 0.3) is 0 Å². The van der Waals surface area contributed by atoms with Gasteiger partial charge in [-0.15, -0.1) is 0 Å². The van der Waals surface area contributed by atoms with Gasteiger partial charge in [0.05, 0.1) is 34.2 Å². The number of aromatic nitrogens is 4. The van der Waals surface area contributed by atoms with Crippen LogP contribution in [0.25, 0.3) is 22.4 Å². The quantitative estimate of drug-likeness (QED) is 0.516. The highest BCUT2D eigenvalue weighted by Crippen LogP contribution is 2.36. The molecule has 0 bridgehead atoms. The molecule has 0 saturated heterocycles. The summed E-state index contributed by atoms with van der Waals surface area (Å²) in [4.78, 5) is 17.0. The Kier molecular flexibility index (Phi) is 4.67. The highest BCUT2D eigenvalue weighted by atomic mass is 79.9. The number of nitrogens with zero attached hydrogens (tertiary/aromatic N) is 3. The first-order chi connectivity index (χ1) is 12.8. The van der Waals surface area contributed by atoms with Gasteiger partial charge in [-0.25, -0.2) is 15.0 Å². The van der Waals surface area contributed by atoms with E-state index in [1.165, 1.54) is 5.56 Å². The fourth-order valence-corrected chi connectivity index (χ4v) is 3.46. The maximum atomic E-state index is 5.65. The van der Waals surface area contributed by atoms with Crippen LogP contribution in [0, 0.1) is 0 Å². The molecule has 1 N–H and O–H groups in total. The Labute approximate surface area is 159 Å². The van der Waals surface area contributed by atoms with Crippen LogP contribution in [0.3, 0.4) is 0 Å². The monoisotopic (exact) mass is 408 g/mol. The number of ether oxygens (including phenoxy) is 1. The Morgan fingerprint density at radius 2 is 1.92 bits per heavy atom. The van der Waals surface area contributed by atoms with Crippen molar-refractivity contribution in [2.75, 3.05) is 6.61 Å². The molecule has 5 nitrogen and oxygen atoms in total. The van der Waals surface area contributed by atoms with Crippen molar-refractivity contribution in [3.63, 3.8) is 0 Å². The average molecular weight is 409 g/mol. The van der Waals surface area contributed by atoms with E-state index >= 15 is 0 Å². The zero-order chi connectivity index (χ0) is 17.9. The lowest BCUT2D eigenvalue weighted by Gasteiger charge is -2.07. The Balaban J connectivity index is 1.76. The van der Waals surface area contributed by atoms with E-state index in [1.807, 2.05) is 43.5 Å². The zero-order valence-corrected chi connectivity index (χ0v) is 15.8. The average Bonchev–Trinajstić information content (AvgIpc) is 3.00. The normalized spacial score (nSPS) is 11.0. The van der Waals surface area contributed by atoms with Gasteiger partial charge in [-0.05, 0) is 40.5 Å². The second-order valence-electron chi connectivity index (χ2n) is 5.82. The van der Waals surface area contributed by atoms with Crippen molar-refractivity contribution in [1.82, 2.24) is 19.9 Å². The Bertz CT molecular complexity index is 1050. The van der Waals surface area contributed by atoms with Gasteiger partial charge < -0.3 is 9.72 Å². The summed E-state index contributed by atoms with van der Waals surface area (Å²) in [5.74, 6) is 0.590. The number of benzene rings is 1. The molecule has 1 aromatic carbocycles. The number of pyridine rings is 1. The first-order valence-corrected chi connectivity index (χ1v) is 9.20. The van der Waals surface area contributed by atoms with E-state index < -0.39 is 0 Å². The van der Waals surface area contributed by atoms with Crippen LogP contribution < -0.4 is 4.74 Å². The van der Waals surface area contributed by atoms with E-state index in [9.17, 15) is 0 Å². The molecule has 26 heavy (non-hydrogen) atoms. The molecule has 0 saturated carbocycles. The zero-order valence-electron chi connectivity index (χ0n) is 14.2. The first kappa shape index (κ1) is 16.7. The van der Waals surface area contributed by atoms with E-state index in [0.29, 0.717) is 12.5 Å². The molecule has 0 radical (unpaired) electrons. The summed E-state index contributed by atoms with van der Waals surface area (Å²) < 4.78 is 6.52. The lowest BCUT2D eigenvalue weighted by molar-refractivity contribution is 0.328. The number of hydrogen-bond donors (Lipinski definition) is 1. The molecule has 4 rings (SSSR count). The molecule has 0 fully saturated rings. The summed E-state index contributed by atoms with van der Waals surface area (Å²) in [5, 5.41) is 0. The minimum atomic E-state index is 0.555. The maximum Gasteiger partial charge on any atom is 0.222 e. The number of aromatic amines is 1. The highest BCUT2D eigenvalue weighted by molar-refractivity contribution is 9.10.